The summed E-state index contributed by atoms with van der Waals surface area (Å²) in [5.74, 6) is 4.89. The summed E-state index contributed by atoms with van der Waals surface area (Å²) in [6, 6.07) is 0. The van der Waals surface area contributed by atoms with E-state index >= 15 is 0 Å². The van der Waals surface area contributed by atoms with Crippen molar-refractivity contribution in [3.63, 3.8) is 0 Å². The van der Waals surface area contributed by atoms with Gasteiger partial charge in [0, 0.05) is 0 Å². The molecule has 0 unspecified atom stereocenters. The second-order valence-electron chi connectivity index (χ2n) is 3.72. The van der Waals surface area contributed by atoms with E-state index < -0.39 is 9.96 Å². The van der Waals surface area contributed by atoms with Gasteiger partial charge in [0.2, 0.25) is 0 Å². The van der Waals surface area contributed by atoms with Crippen molar-refractivity contribution in [2.45, 2.75) is 36.5 Å². The summed E-state index contributed by atoms with van der Waals surface area (Å²) < 4.78 is 0.612. The minimum absolute atomic E-state index is 0.612. The summed E-state index contributed by atoms with van der Waals surface area (Å²) in [4.78, 5) is 0. The minimum atomic E-state index is -1.34. The Morgan fingerprint density at radius 3 is 1.25 bits per heavy atom. The molecule has 0 bridgehead atoms. The SMILES string of the molecule is C[C](C)(C)[Ge]([CH3])([CH3])[I]. The zero-order chi connectivity index (χ0) is 7.00. The predicted molar refractivity (Wildman–Crippen MR) is 51.2 cm³/mol. The summed E-state index contributed by atoms with van der Waals surface area (Å²) in [5.41, 5.74) is 0. The summed E-state index contributed by atoms with van der Waals surface area (Å²) in [6.45, 7) is 7.04. The van der Waals surface area contributed by atoms with Crippen molar-refractivity contribution < 1.29 is 0 Å². The fourth-order valence-electron chi connectivity index (χ4n) is 0. The van der Waals surface area contributed by atoms with Gasteiger partial charge in [-0.3, -0.25) is 0 Å². The van der Waals surface area contributed by atoms with Crippen LogP contribution in [0.2, 0.25) is 15.8 Å². The van der Waals surface area contributed by atoms with Gasteiger partial charge in [-0.25, -0.2) is 0 Å². The molecule has 0 saturated carbocycles. The van der Waals surface area contributed by atoms with E-state index in [1.165, 1.54) is 0 Å². The van der Waals surface area contributed by atoms with Crippen molar-refractivity contribution in [1.29, 1.82) is 0 Å². The first-order valence-electron chi connectivity index (χ1n) is 2.94. The Bertz CT molecular complexity index is 63.5. The number of hydrogen-bond donors (Lipinski definition) is 0. The molecule has 0 saturated heterocycles. The van der Waals surface area contributed by atoms with Crippen molar-refractivity contribution in [3.8, 4) is 0 Å². The fraction of sp³-hybridized carbons (Fsp3) is 1.00. The topological polar surface area (TPSA) is 0 Å². The molecular formula is C6H15GeI. The molecule has 0 radical (unpaired) electrons. The Morgan fingerprint density at radius 2 is 1.25 bits per heavy atom. The van der Waals surface area contributed by atoms with Crippen molar-refractivity contribution in [2.24, 2.45) is 0 Å². The molecular weight excluding hydrogens is 272 g/mol. The van der Waals surface area contributed by atoms with E-state index in [2.05, 4.69) is 52.5 Å². The van der Waals surface area contributed by atoms with Gasteiger partial charge in [0.1, 0.15) is 0 Å². The number of halogens is 1. The van der Waals surface area contributed by atoms with E-state index in [0.29, 0.717) is 4.25 Å². The molecule has 0 atom stereocenters. The molecule has 0 amide bonds. The van der Waals surface area contributed by atoms with E-state index in [1.54, 1.807) is 0 Å². The molecule has 0 aromatic rings. The Morgan fingerprint density at radius 1 is 1.12 bits per heavy atom. The fourth-order valence-corrected chi connectivity index (χ4v) is 0. The molecule has 0 aliphatic carbocycles. The van der Waals surface area contributed by atoms with Gasteiger partial charge in [-0.1, -0.05) is 0 Å². The predicted octanol–water partition coefficient (Wildman–Crippen LogP) is 3.43. The third-order valence-corrected chi connectivity index (χ3v) is 17.7. The standard InChI is InChI=1S/C6H15GeI/c1-6(2,3)7(4,5)8/h1-5H3. The second-order valence-corrected chi connectivity index (χ2v) is 27.1. The summed E-state index contributed by atoms with van der Waals surface area (Å²) in [6.07, 6.45) is 0. The van der Waals surface area contributed by atoms with Gasteiger partial charge in [0.25, 0.3) is 0 Å². The van der Waals surface area contributed by atoms with E-state index in [0.717, 1.165) is 0 Å². The first-order chi connectivity index (χ1) is 3.25. The average Bonchev–Trinajstić information content (AvgIpc) is 1.25. The molecule has 0 aliphatic heterocycles. The van der Waals surface area contributed by atoms with Gasteiger partial charge in [-0.15, -0.1) is 0 Å². The van der Waals surface area contributed by atoms with E-state index in [4.69, 9.17) is 0 Å². The van der Waals surface area contributed by atoms with Crippen LogP contribution >= 0.6 is 20.2 Å². The Balaban J connectivity index is 4.02. The van der Waals surface area contributed by atoms with Gasteiger partial charge < -0.3 is 0 Å². The summed E-state index contributed by atoms with van der Waals surface area (Å²) in [5, 5.41) is 0. The summed E-state index contributed by atoms with van der Waals surface area (Å²) >= 11 is 2.67. The summed E-state index contributed by atoms with van der Waals surface area (Å²) in [7, 11) is -1.34. The Kier molecular flexibility index (Phi) is 2.88. The van der Waals surface area contributed by atoms with Gasteiger partial charge >= 0.3 is 66.7 Å². The number of hydrogen-bond acceptors (Lipinski definition) is 0. The second kappa shape index (κ2) is 2.48. The van der Waals surface area contributed by atoms with Crippen LogP contribution in [0.1, 0.15) is 20.8 Å². The van der Waals surface area contributed by atoms with Crippen molar-refractivity contribution in [2.75, 3.05) is 0 Å². The van der Waals surface area contributed by atoms with Crippen LogP contribution in [0.15, 0.2) is 0 Å². The monoisotopic (exact) mass is 288 g/mol. The first-order valence-corrected chi connectivity index (χ1v) is 14.6. The molecule has 0 aromatic carbocycles. The molecule has 0 aromatic heterocycles. The Hall–Kier alpha value is 1.27. The van der Waals surface area contributed by atoms with Crippen LogP contribution < -0.4 is 0 Å². The molecule has 0 fully saturated rings. The van der Waals surface area contributed by atoms with Crippen molar-refractivity contribution in [3.05, 3.63) is 0 Å². The van der Waals surface area contributed by atoms with Crippen LogP contribution in [0, 0.1) is 0 Å². The van der Waals surface area contributed by atoms with Crippen LogP contribution in [0.4, 0.5) is 0 Å². The van der Waals surface area contributed by atoms with Gasteiger partial charge in [-0.2, -0.15) is 0 Å². The van der Waals surface area contributed by atoms with Gasteiger partial charge in [0.05, 0.1) is 0 Å². The van der Waals surface area contributed by atoms with Crippen LogP contribution in [0.5, 0.6) is 0 Å². The van der Waals surface area contributed by atoms with Crippen LogP contribution in [0.25, 0.3) is 0 Å². The van der Waals surface area contributed by atoms with Crippen LogP contribution in [-0.4, -0.2) is 9.96 Å². The average molecular weight is 287 g/mol. The molecule has 50 valence electrons. The zero-order valence-corrected chi connectivity index (χ0v) is 10.6. The molecule has 8 heavy (non-hydrogen) atoms. The number of rotatable bonds is 0. The maximum absolute atomic E-state index is 2.67. The normalized spacial score (nSPS) is 14.2. The molecule has 0 N–H and O–H groups in total. The van der Waals surface area contributed by atoms with E-state index in [9.17, 15) is 0 Å². The quantitative estimate of drug-likeness (QED) is 0.473. The molecule has 0 aliphatic rings. The molecule has 0 spiro atoms. The third-order valence-electron chi connectivity index (χ3n) is 1.78. The molecule has 2 heteroatoms. The molecule has 0 nitrogen and oxygen atoms in total. The van der Waals surface area contributed by atoms with Crippen molar-refractivity contribution in [1.82, 2.24) is 0 Å². The maximum atomic E-state index is 2.67. The van der Waals surface area contributed by atoms with E-state index in [-0.39, 0.29) is 0 Å². The van der Waals surface area contributed by atoms with Crippen molar-refractivity contribution >= 4 is 30.2 Å². The molecule has 0 heterocycles. The van der Waals surface area contributed by atoms with Crippen LogP contribution in [0.3, 0.4) is 0 Å². The van der Waals surface area contributed by atoms with Gasteiger partial charge in [0.15, 0.2) is 0 Å². The van der Waals surface area contributed by atoms with Gasteiger partial charge in [-0.05, 0) is 0 Å². The third kappa shape index (κ3) is 2.71. The van der Waals surface area contributed by atoms with E-state index in [1.807, 2.05) is 0 Å². The molecule has 0 rings (SSSR count). The zero-order valence-electron chi connectivity index (χ0n) is 6.38. The first kappa shape index (κ1) is 9.27. The Labute approximate surface area is 66.4 Å². The van der Waals surface area contributed by atoms with Crippen LogP contribution in [-0.2, 0) is 0 Å².